The van der Waals surface area contributed by atoms with Gasteiger partial charge in [0.05, 0.1) is 6.26 Å². The van der Waals surface area contributed by atoms with E-state index in [1.165, 1.54) is 10.6 Å². The van der Waals surface area contributed by atoms with Crippen LogP contribution >= 0.6 is 0 Å². The van der Waals surface area contributed by atoms with Gasteiger partial charge in [-0.1, -0.05) is 0 Å². The molecule has 0 aromatic carbocycles. The molecule has 0 unspecified atom stereocenters. The highest BCUT2D eigenvalue weighted by atomic mass is 32.2. The Morgan fingerprint density at radius 1 is 1.47 bits per heavy atom. The zero-order chi connectivity index (χ0) is 13.9. The molecular formula is C7H13F3N2O4S. The molecule has 0 aromatic rings. The molecular weight excluding hydrogens is 265 g/mol. The van der Waals surface area contributed by atoms with Crippen molar-refractivity contribution in [2.45, 2.75) is 6.18 Å². The summed E-state index contributed by atoms with van der Waals surface area (Å²) in [6, 6.07) is 0. The molecule has 1 rings (SSSR count). The van der Waals surface area contributed by atoms with Crippen molar-refractivity contribution in [2.75, 3.05) is 25.9 Å². The van der Waals surface area contributed by atoms with E-state index in [4.69, 9.17) is 15.6 Å². The van der Waals surface area contributed by atoms with Gasteiger partial charge in [0.2, 0.25) is 10.0 Å². The van der Waals surface area contributed by atoms with Crippen LogP contribution in [-0.4, -0.2) is 55.9 Å². The van der Waals surface area contributed by atoms with Gasteiger partial charge in [-0.15, -0.1) is 0 Å². The Labute approximate surface area is 96.2 Å². The summed E-state index contributed by atoms with van der Waals surface area (Å²) in [4.78, 5) is 8.90. The van der Waals surface area contributed by atoms with Crippen molar-refractivity contribution >= 4 is 16.0 Å². The van der Waals surface area contributed by atoms with E-state index in [0.29, 0.717) is 25.6 Å². The second-order valence-electron chi connectivity index (χ2n) is 3.48. The van der Waals surface area contributed by atoms with Crippen LogP contribution in [0.3, 0.4) is 0 Å². The minimum Gasteiger partial charge on any atom is -0.475 e. The number of nitrogens with zero attached hydrogens (tertiary/aromatic N) is 1. The van der Waals surface area contributed by atoms with E-state index in [-0.39, 0.29) is 0 Å². The monoisotopic (exact) mass is 278 g/mol. The number of alkyl halides is 3. The lowest BCUT2D eigenvalue weighted by molar-refractivity contribution is -0.192. The maximum Gasteiger partial charge on any atom is 0.490 e. The first-order valence-corrected chi connectivity index (χ1v) is 6.28. The maximum atomic E-state index is 10.8. The zero-order valence-electron chi connectivity index (χ0n) is 8.94. The summed E-state index contributed by atoms with van der Waals surface area (Å²) in [6.07, 6.45) is -3.86. The number of hydrogen-bond acceptors (Lipinski definition) is 4. The SMILES string of the molecule is CS(=O)(=O)N1CC(CN)C1.O=C(O)C(F)(F)F. The lowest BCUT2D eigenvalue weighted by Gasteiger charge is -2.36. The molecule has 1 aliphatic heterocycles. The number of carboxylic acid groups (broad SMARTS) is 1. The van der Waals surface area contributed by atoms with Gasteiger partial charge in [0, 0.05) is 13.1 Å². The first kappa shape index (κ1) is 16.1. The Morgan fingerprint density at radius 3 is 2.00 bits per heavy atom. The number of halogens is 3. The van der Waals surface area contributed by atoms with Gasteiger partial charge in [0.1, 0.15) is 0 Å². The molecule has 0 spiro atoms. The Bertz CT molecular complexity index is 362. The third kappa shape index (κ3) is 5.84. The number of rotatable bonds is 2. The molecule has 1 aliphatic rings. The number of carboxylic acids is 1. The molecule has 0 atom stereocenters. The largest absolute Gasteiger partial charge is 0.490 e. The van der Waals surface area contributed by atoms with Crippen molar-refractivity contribution < 1.29 is 31.5 Å². The first-order chi connectivity index (χ1) is 7.48. The summed E-state index contributed by atoms with van der Waals surface area (Å²) in [7, 11) is -2.93. The highest BCUT2D eigenvalue weighted by Gasteiger charge is 2.38. The fraction of sp³-hybridized carbons (Fsp3) is 0.857. The number of carbonyl (C=O) groups is 1. The summed E-state index contributed by atoms with van der Waals surface area (Å²) < 4.78 is 54.7. The van der Waals surface area contributed by atoms with Crippen LogP contribution in [-0.2, 0) is 14.8 Å². The van der Waals surface area contributed by atoms with Gasteiger partial charge in [-0.2, -0.15) is 13.2 Å². The Kier molecular flexibility index (Phi) is 5.36. The third-order valence-electron chi connectivity index (χ3n) is 1.97. The predicted octanol–water partition coefficient (Wildman–Crippen LogP) is -0.530. The summed E-state index contributed by atoms with van der Waals surface area (Å²) in [5.74, 6) is -2.37. The molecule has 0 aliphatic carbocycles. The van der Waals surface area contributed by atoms with Gasteiger partial charge in [0.15, 0.2) is 0 Å². The minimum absolute atomic E-state index is 0.384. The predicted molar refractivity (Wildman–Crippen MR) is 52.7 cm³/mol. The first-order valence-electron chi connectivity index (χ1n) is 4.43. The lowest BCUT2D eigenvalue weighted by atomic mass is 10.0. The molecule has 1 saturated heterocycles. The van der Waals surface area contributed by atoms with Crippen molar-refractivity contribution in [2.24, 2.45) is 11.7 Å². The van der Waals surface area contributed by atoms with Crippen LogP contribution in [0.25, 0.3) is 0 Å². The molecule has 102 valence electrons. The molecule has 1 fully saturated rings. The van der Waals surface area contributed by atoms with Gasteiger partial charge >= 0.3 is 12.1 Å². The summed E-state index contributed by atoms with van der Waals surface area (Å²) in [6.45, 7) is 1.80. The molecule has 0 radical (unpaired) electrons. The second kappa shape index (κ2) is 5.65. The second-order valence-corrected chi connectivity index (χ2v) is 5.47. The third-order valence-corrected chi connectivity index (χ3v) is 3.20. The van der Waals surface area contributed by atoms with Crippen molar-refractivity contribution in [3.05, 3.63) is 0 Å². The molecule has 17 heavy (non-hydrogen) atoms. The van der Waals surface area contributed by atoms with E-state index in [1.807, 2.05) is 0 Å². The number of hydrogen-bond donors (Lipinski definition) is 2. The lowest BCUT2D eigenvalue weighted by Crippen LogP contribution is -2.51. The van der Waals surface area contributed by atoms with Crippen molar-refractivity contribution in [3.8, 4) is 0 Å². The van der Waals surface area contributed by atoms with E-state index in [9.17, 15) is 21.6 Å². The Balaban J connectivity index is 0.000000325. The highest BCUT2D eigenvalue weighted by molar-refractivity contribution is 7.88. The molecule has 0 amide bonds. The van der Waals surface area contributed by atoms with E-state index < -0.39 is 22.2 Å². The fourth-order valence-corrected chi connectivity index (χ4v) is 1.91. The summed E-state index contributed by atoms with van der Waals surface area (Å²) >= 11 is 0. The molecule has 6 nitrogen and oxygen atoms in total. The summed E-state index contributed by atoms with van der Waals surface area (Å²) in [5, 5.41) is 7.12. The normalized spacial score (nSPS) is 17.9. The molecule has 0 bridgehead atoms. The van der Waals surface area contributed by atoms with Crippen LogP contribution in [0.5, 0.6) is 0 Å². The Morgan fingerprint density at radius 2 is 1.82 bits per heavy atom. The van der Waals surface area contributed by atoms with Crippen LogP contribution in [0.2, 0.25) is 0 Å². The molecule has 1 heterocycles. The quantitative estimate of drug-likeness (QED) is 0.707. The van der Waals surface area contributed by atoms with Gasteiger partial charge in [-0.3, -0.25) is 0 Å². The van der Waals surface area contributed by atoms with E-state index in [2.05, 4.69) is 0 Å². The minimum atomic E-state index is -5.08. The van der Waals surface area contributed by atoms with E-state index in [1.54, 1.807) is 0 Å². The van der Waals surface area contributed by atoms with Gasteiger partial charge in [-0.25, -0.2) is 17.5 Å². The topological polar surface area (TPSA) is 101 Å². The zero-order valence-corrected chi connectivity index (χ0v) is 9.75. The standard InChI is InChI=1S/C5H12N2O2S.C2HF3O2/c1-10(8,9)7-3-5(2-6)4-7;3-2(4,5)1(6)7/h5H,2-4,6H2,1H3;(H,6,7). The van der Waals surface area contributed by atoms with Gasteiger partial charge in [-0.05, 0) is 12.5 Å². The smallest absolute Gasteiger partial charge is 0.475 e. The fourth-order valence-electron chi connectivity index (χ4n) is 0.942. The summed E-state index contributed by atoms with van der Waals surface area (Å²) in [5.41, 5.74) is 5.32. The van der Waals surface area contributed by atoms with Crippen LogP contribution in [0, 0.1) is 5.92 Å². The van der Waals surface area contributed by atoms with Gasteiger partial charge in [0.25, 0.3) is 0 Å². The highest BCUT2D eigenvalue weighted by Crippen LogP contribution is 2.16. The molecule has 10 heteroatoms. The maximum absolute atomic E-state index is 10.8. The van der Waals surface area contributed by atoms with Crippen molar-refractivity contribution in [3.63, 3.8) is 0 Å². The molecule has 0 saturated carbocycles. The van der Waals surface area contributed by atoms with Gasteiger partial charge < -0.3 is 10.8 Å². The average molecular weight is 278 g/mol. The average Bonchev–Trinajstić information content (AvgIpc) is 1.98. The molecule has 3 N–H and O–H groups in total. The van der Waals surface area contributed by atoms with Crippen LogP contribution in [0.15, 0.2) is 0 Å². The Hall–Kier alpha value is -0.870. The van der Waals surface area contributed by atoms with E-state index in [0.717, 1.165) is 0 Å². The number of sulfonamides is 1. The van der Waals surface area contributed by atoms with E-state index >= 15 is 0 Å². The molecule has 0 aromatic heterocycles. The number of aliphatic carboxylic acids is 1. The van der Waals surface area contributed by atoms with Crippen molar-refractivity contribution in [1.82, 2.24) is 4.31 Å². The van der Waals surface area contributed by atoms with Crippen LogP contribution in [0.1, 0.15) is 0 Å². The van der Waals surface area contributed by atoms with Crippen molar-refractivity contribution in [1.29, 1.82) is 0 Å². The number of nitrogens with two attached hydrogens (primary N) is 1. The van der Waals surface area contributed by atoms with Crippen LogP contribution in [0.4, 0.5) is 13.2 Å². The van der Waals surface area contributed by atoms with Crippen LogP contribution < -0.4 is 5.73 Å².